The van der Waals surface area contributed by atoms with E-state index in [2.05, 4.69) is 10.6 Å². The van der Waals surface area contributed by atoms with Gasteiger partial charge in [0.05, 0.1) is 6.04 Å². The van der Waals surface area contributed by atoms with Crippen molar-refractivity contribution in [2.24, 2.45) is 0 Å². The Morgan fingerprint density at radius 2 is 2.06 bits per heavy atom. The molecule has 1 aromatic heterocycles. The predicted octanol–water partition coefficient (Wildman–Crippen LogP) is 2.46. The number of hydrogen-bond acceptors (Lipinski definition) is 3. The van der Waals surface area contributed by atoms with Gasteiger partial charge in [0.25, 0.3) is 0 Å². The van der Waals surface area contributed by atoms with Crippen molar-refractivity contribution in [2.75, 3.05) is 6.54 Å². The van der Waals surface area contributed by atoms with E-state index in [0.29, 0.717) is 6.42 Å². The zero-order valence-electron chi connectivity index (χ0n) is 12.0. The van der Waals surface area contributed by atoms with Crippen molar-refractivity contribution >= 4 is 5.91 Å². The zero-order valence-corrected chi connectivity index (χ0v) is 12.0. The minimum absolute atomic E-state index is 0.0104. The molecule has 18 heavy (non-hydrogen) atoms. The van der Waals surface area contributed by atoms with Gasteiger partial charge in [-0.3, -0.25) is 4.79 Å². The standard InChI is InChI=1S/C14H24N2O2/c1-6-15-9(2)7-14(17)16-11(4)13-8-10(3)18-12(13)5/h8-9,11,15H,6-7H2,1-5H3,(H,16,17). The van der Waals surface area contributed by atoms with E-state index in [9.17, 15) is 4.79 Å². The molecule has 2 unspecified atom stereocenters. The van der Waals surface area contributed by atoms with Gasteiger partial charge in [0.2, 0.25) is 5.91 Å². The number of carbonyl (C=O) groups excluding carboxylic acids is 1. The number of nitrogens with one attached hydrogen (secondary N) is 2. The minimum Gasteiger partial charge on any atom is -0.466 e. The maximum Gasteiger partial charge on any atom is 0.222 e. The first kappa shape index (κ1) is 14.8. The van der Waals surface area contributed by atoms with Crippen molar-refractivity contribution in [3.8, 4) is 0 Å². The van der Waals surface area contributed by atoms with Crippen LogP contribution >= 0.6 is 0 Å². The third-order valence-electron chi connectivity index (χ3n) is 2.97. The SMILES string of the molecule is CCNC(C)CC(=O)NC(C)c1cc(C)oc1C. The van der Waals surface area contributed by atoms with Crippen LogP contribution in [0.3, 0.4) is 0 Å². The van der Waals surface area contributed by atoms with Crippen LogP contribution in [-0.2, 0) is 4.79 Å². The molecule has 1 amide bonds. The molecule has 0 spiro atoms. The quantitative estimate of drug-likeness (QED) is 0.817. The van der Waals surface area contributed by atoms with E-state index in [1.807, 2.05) is 40.7 Å². The summed E-state index contributed by atoms with van der Waals surface area (Å²) in [4.78, 5) is 11.8. The number of rotatable bonds is 6. The van der Waals surface area contributed by atoms with Gasteiger partial charge in [-0.2, -0.15) is 0 Å². The Bertz CT molecular complexity index is 398. The lowest BCUT2D eigenvalue weighted by Gasteiger charge is -2.16. The van der Waals surface area contributed by atoms with Crippen LogP contribution in [-0.4, -0.2) is 18.5 Å². The highest BCUT2D eigenvalue weighted by Gasteiger charge is 2.16. The predicted molar refractivity (Wildman–Crippen MR) is 72.5 cm³/mol. The summed E-state index contributed by atoms with van der Waals surface area (Å²) in [6, 6.07) is 2.17. The Morgan fingerprint density at radius 1 is 1.39 bits per heavy atom. The van der Waals surface area contributed by atoms with Gasteiger partial charge in [-0.25, -0.2) is 0 Å². The van der Waals surface area contributed by atoms with E-state index in [1.165, 1.54) is 0 Å². The van der Waals surface area contributed by atoms with Gasteiger partial charge in [0.1, 0.15) is 11.5 Å². The molecule has 0 saturated heterocycles. The summed E-state index contributed by atoms with van der Waals surface area (Å²) >= 11 is 0. The van der Waals surface area contributed by atoms with E-state index in [0.717, 1.165) is 23.6 Å². The monoisotopic (exact) mass is 252 g/mol. The third kappa shape index (κ3) is 4.18. The molecule has 2 N–H and O–H groups in total. The smallest absolute Gasteiger partial charge is 0.222 e. The number of aryl methyl sites for hydroxylation is 2. The van der Waals surface area contributed by atoms with E-state index in [4.69, 9.17) is 4.42 Å². The molecular weight excluding hydrogens is 228 g/mol. The molecule has 0 aromatic carbocycles. The number of hydrogen-bond donors (Lipinski definition) is 2. The average Bonchev–Trinajstić information content (AvgIpc) is 2.57. The van der Waals surface area contributed by atoms with E-state index in [1.54, 1.807) is 0 Å². The molecule has 0 saturated carbocycles. The molecule has 2 atom stereocenters. The highest BCUT2D eigenvalue weighted by molar-refractivity contribution is 5.77. The fraction of sp³-hybridized carbons (Fsp3) is 0.643. The molecule has 0 aliphatic carbocycles. The maximum atomic E-state index is 11.8. The van der Waals surface area contributed by atoms with Crippen molar-refractivity contribution in [3.63, 3.8) is 0 Å². The summed E-state index contributed by atoms with van der Waals surface area (Å²) in [5.74, 6) is 1.82. The zero-order chi connectivity index (χ0) is 13.7. The number of carbonyl (C=O) groups is 1. The Morgan fingerprint density at radius 3 is 2.56 bits per heavy atom. The molecule has 0 aliphatic heterocycles. The molecule has 1 heterocycles. The molecule has 102 valence electrons. The average molecular weight is 252 g/mol. The second-order valence-corrected chi connectivity index (χ2v) is 4.82. The third-order valence-corrected chi connectivity index (χ3v) is 2.97. The first-order valence-electron chi connectivity index (χ1n) is 6.53. The Balaban J connectivity index is 2.52. The largest absolute Gasteiger partial charge is 0.466 e. The first-order valence-corrected chi connectivity index (χ1v) is 6.53. The molecular formula is C14H24N2O2. The van der Waals surface area contributed by atoms with E-state index < -0.39 is 0 Å². The van der Waals surface area contributed by atoms with Gasteiger partial charge in [-0.15, -0.1) is 0 Å². The van der Waals surface area contributed by atoms with Gasteiger partial charge >= 0.3 is 0 Å². The van der Waals surface area contributed by atoms with Gasteiger partial charge in [0, 0.05) is 18.0 Å². The van der Waals surface area contributed by atoms with Crippen LogP contribution < -0.4 is 10.6 Å². The molecule has 1 rings (SSSR count). The van der Waals surface area contributed by atoms with E-state index >= 15 is 0 Å². The van der Waals surface area contributed by atoms with Crippen LogP contribution in [0.1, 0.15) is 50.3 Å². The summed E-state index contributed by atoms with van der Waals surface area (Å²) < 4.78 is 5.47. The normalized spacial score (nSPS) is 14.3. The van der Waals surface area contributed by atoms with Crippen molar-refractivity contribution in [1.29, 1.82) is 0 Å². The van der Waals surface area contributed by atoms with Crippen molar-refractivity contribution in [1.82, 2.24) is 10.6 Å². The van der Waals surface area contributed by atoms with Crippen LogP contribution in [0, 0.1) is 13.8 Å². The van der Waals surface area contributed by atoms with Crippen molar-refractivity contribution < 1.29 is 9.21 Å². The number of amides is 1. The summed E-state index contributed by atoms with van der Waals surface area (Å²) in [6.07, 6.45) is 0.494. The van der Waals surface area contributed by atoms with Crippen molar-refractivity contribution in [3.05, 3.63) is 23.2 Å². The molecule has 0 radical (unpaired) electrons. The van der Waals surface area contributed by atoms with Crippen LogP contribution in [0.5, 0.6) is 0 Å². The topological polar surface area (TPSA) is 54.3 Å². The van der Waals surface area contributed by atoms with Crippen LogP contribution in [0.4, 0.5) is 0 Å². The Kier molecular flexibility index (Phi) is 5.41. The van der Waals surface area contributed by atoms with Crippen molar-refractivity contribution in [2.45, 2.75) is 53.1 Å². The highest BCUT2D eigenvalue weighted by atomic mass is 16.3. The molecule has 0 bridgehead atoms. The lowest BCUT2D eigenvalue weighted by molar-refractivity contribution is -0.122. The summed E-state index contributed by atoms with van der Waals surface area (Å²) in [7, 11) is 0. The summed E-state index contributed by atoms with van der Waals surface area (Å²) in [5.41, 5.74) is 1.05. The first-order chi connectivity index (χ1) is 8.43. The second-order valence-electron chi connectivity index (χ2n) is 4.82. The second kappa shape index (κ2) is 6.59. The van der Waals surface area contributed by atoms with Gasteiger partial charge in [0.15, 0.2) is 0 Å². The minimum atomic E-state index is -0.0104. The molecule has 4 heteroatoms. The molecule has 0 fully saturated rings. The Labute approximate surface area is 109 Å². The molecule has 1 aromatic rings. The molecule has 4 nitrogen and oxygen atoms in total. The summed E-state index contributed by atoms with van der Waals surface area (Å²) in [5, 5.41) is 6.23. The lowest BCUT2D eigenvalue weighted by atomic mass is 10.1. The maximum absolute atomic E-state index is 11.8. The van der Waals surface area contributed by atoms with E-state index in [-0.39, 0.29) is 18.0 Å². The Hall–Kier alpha value is -1.29. The van der Waals surface area contributed by atoms with Crippen LogP contribution in [0.25, 0.3) is 0 Å². The van der Waals surface area contributed by atoms with Crippen LogP contribution in [0.2, 0.25) is 0 Å². The van der Waals surface area contributed by atoms with Gasteiger partial charge < -0.3 is 15.1 Å². The fourth-order valence-electron chi connectivity index (χ4n) is 2.16. The molecule has 0 aliphatic rings. The summed E-state index contributed by atoms with van der Waals surface area (Å²) in [6.45, 7) is 10.7. The fourth-order valence-corrected chi connectivity index (χ4v) is 2.16. The number of furan rings is 1. The van der Waals surface area contributed by atoms with Crippen LogP contribution in [0.15, 0.2) is 10.5 Å². The lowest BCUT2D eigenvalue weighted by Crippen LogP contribution is -2.34. The highest BCUT2D eigenvalue weighted by Crippen LogP contribution is 2.21. The van der Waals surface area contributed by atoms with Gasteiger partial charge in [-0.05, 0) is 40.3 Å². The van der Waals surface area contributed by atoms with Gasteiger partial charge in [-0.1, -0.05) is 6.92 Å².